The van der Waals surface area contributed by atoms with Crippen molar-refractivity contribution in [1.29, 1.82) is 0 Å². The molecule has 0 N–H and O–H groups in total. The Morgan fingerprint density at radius 2 is 1.85 bits per heavy atom. The standard InChI is InChI=1S/C26H21ClN2O3S/c1-16-15-33-26(28-16)29(21-10-8-20(27)9-11-21)24(30)18-7-12-22-19(13-18)14-23(32-25(22)31)17-5-3-2-4-6-17/h2-13,16,23H,14-15H2,1H3/t16-,23-/m0/s1. The van der Waals surface area contributed by atoms with E-state index in [-0.39, 0.29) is 24.0 Å². The van der Waals surface area contributed by atoms with E-state index in [0.717, 1.165) is 16.9 Å². The number of rotatable bonds is 3. The average Bonchev–Trinajstić information content (AvgIpc) is 3.26. The molecule has 3 aromatic carbocycles. The lowest BCUT2D eigenvalue weighted by atomic mass is 9.93. The van der Waals surface area contributed by atoms with E-state index in [4.69, 9.17) is 16.3 Å². The normalized spacial score (nSPS) is 19.5. The number of nitrogens with zero attached hydrogens (tertiary/aromatic N) is 2. The molecule has 2 heterocycles. The van der Waals surface area contributed by atoms with Gasteiger partial charge >= 0.3 is 5.97 Å². The number of hydrogen-bond acceptors (Lipinski definition) is 5. The third kappa shape index (κ3) is 4.41. The third-order valence-electron chi connectivity index (χ3n) is 5.66. The fraction of sp³-hybridized carbons (Fsp3) is 0.192. The molecule has 0 aliphatic carbocycles. The summed E-state index contributed by atoms with van der Waals surface area (Å²) in [5.41, 5.74) is 3.42. The van der Waals surface area contributed by atoms with Crippen molar-refractivity contribution >= 4 is 46.1 Å². The van der Waals surface area contributed by atoms with Gasteiger partial charge in [-0.3, -0.25) is 14.7 Å². The average molecular weight is 477 g/mol. The second kappa shape index (κ2) is 9.04. The Morgan fingerprint density at radius 3 is 2.55 bits per heavy atom. The predicted molar refractivity (Wildman–Crippen MR) is 132 cm³/mol. The van der Waals surface area contributed by atoms with Crippen LogP contribution in [0.3, 0.4) is 0 Å². The largest absolute Gasteiger partial charge is 0.454 e. The van der Waals surface area contributed by atoms with Crippen molar-refractivity contribution in [2.45, 2.75) is 25.5 Å². The molecular formula is C26H21ClN2O3S. The van der Waals surface area contributed by atoms with Crippen LogP contribution in [0.2, 0.25) is 5.02 Å². The van der Waals surface area contributed by atoms with Gasteiger partial charge in [-0.25, -0.2) is 4.79 Å². The molecule has 166 valence electrons. The molecular weight excluding hydrogens is 456 g/mol. The summed E-state index contributed by atoms with van der Waals surface area (Å²) in [7, 11) is 0. The molecule has 5 rings (SSSR count). The highest BCUT2D eigenvalue weighted by Crippen LogP contribution is 2.33. The highest BCUT2D eigenvalue weighted by atomic mass is 35.5. The van der Waals surface area contributed by atoms with Gasteiger partial charge in [0.2, 0.25) is 0 Å². The van der Waals surface area contributed by atoms with Crippen LogP contribution in [0.1, 0.15) is 44.9 Å². The Kier molecular flexibility index (Phi) is 5.96. The number of amides is 1. The van der Waals surface area contributed by atoms with Crippen LogP contribution in [-0.2, 0) is 11.2 Å². The van der Waals surface area contributed by atoms with Crippen molar-refractivity contribution in [3.8, 4) is 0 Å². The maximum absolute atomic E-state index is 13.7. The number of cyclic esters (lactones) is 1. The molecule has 0 bridgehead atoms. The number of fused-ring (bicyclic) bond motifs is 1. The molecule has 3 aromatic rings. The Bertz CT molecular complexity index is 1240. The van der Waals surface area contributed by atoms with Gasteiger partial charge in [0.25, 0.3) is 5.91 Å². The fourth-order valence-corrected chi connectivity index (χ4v) is 5.16. The summed E-state index contributed by atoms with van der Waals surface area (Å²) in [6, 6.07) is 22.1. The van der Waals surface area contributed by atoms with Gasteiger partial charge in [0, 0.05) is 22.8 Å². The number of benzene rings is 3. The van der Waals surface area contributed by atoms with Gasteiger partial charge in [-0.1, -0.05) is 53.7 Å². The van der Waals surface area contributed by atoms with Crippen LogP contribution in [0, 0.1) is 0 Å². The zero-order valence-electron chi connectivity index (χ0n) is 17.9. The van der Waals surface area contributed by atoms with E-state index in [0.29, 0.717) is 33.4 Å². The van der Waals surface area contributed by atoms with Crippen molar-refractivity contribution in [3.05, 3.63) is 100 Å². The number of carbonyl (C=O) groups excluding carboxylic acids is 2. The maximum atomic E-state index is 13.7. The topological polar surface area (TPSA) is 59.0 Å². The van der Waals surface area contributed by atoms with Crippen LogP contribution in [0.25, 0.3) is 0 Å². The molecule has 0 radical (unpaired) electrons. The van der Waals surface area contributed by atoms with E-state index in [1.807, 2.05) is 49.4 Å². The van der Waals surface area contributed by atoms with Crippen molar-refractivity contribution in [3.63, 3.8) is 0 Å². The quantitative estimate of drug-likeness (QED) is 0.439. The smallest absolute Gasteiger partial charge is 0.339 e. The number of carbonyl (C=O) groups is 2. The summed E-state index contributed by atoms with van der Waals surface area (Å²) in [6.07, 6.45) is 0.138. The van der Waals surface area contributed by atoms with E-state index in [2.05, 4.69) is 4.99 Å². The molecule has 0 unspecified atom stereocenters. The molecule has 0 saturated carbocycles. The van der Waals surface area contributed by atoms with Crippen LogP contribution in [0.4, 0.5) is 5.69 Å². The minimum atomic E-state index is -0.375. The number of esters is 1. The van der Waals surface area contributed by atoms with Crippen LogP contribution >= 0.6 is 23.4 Å². The number of anilines is 1. The van der Waals surface area contributed by atoms with Gasteiger partial charge < -0.3 is 4.74 Å². The number of halogens is 1. The molecule has 0 spiro atoms. The highest BCUT2D eigenvalue weighted by molar-refractivity contribution is 8.14. The van der Waals surface area contributed by atoms with E-state index in [1.54, 1.807) is 47.0 Å². The SMILES string of the molecule is C[C@H]1CSC(N(C(=O)c2ccc3c(c2)C[C@@H](c2ccccc2)OC3=O)c2ccc(Cl)cc2)=N1. The summed E-state index contributed by atoms with van der Waals surface area (Å²) < 4.78 is 5.65. The van der Waals surface area contributed by atoms with Crippen LogP contribution in [0.5, 0.6) is 0 Å². The Balaban J connectivity index is 1.50. The van der Waals surface area contributed by atoms with Crippen molar-refractivity contribution in [1.82, 2.24) is 0 Å². The zero-order chi connectivity index (χ0) is 22.9. The van der Waals surface area contributed by atoms with Gasteiger partial charge in [0.15, 0.2) is 5.17 Å². The Hall–Kier alpha value is -3.09. The molecule has 1 amide bonds. The first kappa shape index (κ1) is 21.7. The van der Waals surface area contributed by atoms with Gasteiger partial charge in [-0.05, 0) is 60.5 Å². The van der Waals surface area contributed by atoms with Gasteiger partial charge in [-0.15, -0.1) is 0 Å². The highest BCUT2D eigenvalue weighted by Gasteiger charge is 2.31. The first-order valence-corrected chi connectivity index (χ1v) is 12.1. The Morgan fingerprint density at radius 1 is 1.09 bits per heavy atom. The second-order valence-corrected chi connectivity index (χ2v) is 9.49. The van der Waals surface area contributed by atoms with Gasteiger partial charge in [0.1, 0.15) is 6.10 Å². The molecule has 2 aliphatic heterocycles. The van der Waals surface area contributed by atoms with Crippen LogP contribution in [-0.4, -0.2) is 28.8 Å². The molecule has 0 saturated heterocycles. The minimum Gasteiger partial charge on any atom is -0.454 e. The van der Waals surface area contributed by atoms with Crippen molar-refractivity contribution in [2.75, 3.05) is 10.7 Å². The Labute approximate surface area is 201 Å². The minimum absolute atomic E-state index is 0.137. The van der Waals surface area contributed by atoms with Gasteiger partial charge in [-0.2, -0.15) is 0 Å². The van der Waals surface area contributed by atoms with E-state index in [1.165, 1.54) is 0 Å². The monoisotopic (exact) mass is 476 g/mol. The number of hydrogen-bond donors (Lipinski definition) is 0. The third-order valence-corrected chi connectivity index (χ3v) is 7.11. The first-order valence-electron chi connectivity index (χ1n) is 10.7. The summed E-state index contributed by atoms with van der Waals surface area (Å²) >= 11 is 7.63. The lowest BCUT2D eigenvalue weighted by Crippen LogP contribution is -2.35. The van der Waals surface area contributed by atoms with Crippen LogP contribution < -0.4 is 4.90 Å². The molecule has 0 aromatic heterocycles. The van der Waals surface area contributed by atoms with Gasteiger partial charge in [0.05, 0.1) is 17.3 Å². The number of thioether (sulfide) groups is 1. The number of ether oxygens (including phenoxy) is 1. The summed E-state index contributed by atoms with van der Waals surface area (Å²) in [4.78, 5) is 32.6. The number of aliphatic imine (C=N–C) groups is 1. The fourth-order valence-electron chi connectivity index (χ4n) is 4.00. The van der Waals surface area contributed by atoms with Crippen LogP contribution in [0.15, 0.2) is 77.8 Å². The molecule has 5 nitrogen and oxygen atoms in total. The molecule has 2 atom stereocenters. The maximum Gasteiger partial charge on any atom is 0.339 e. The van der Waals surface area contributed by atoms with E-state index >= 15 is 0 Å². The summed E-state index contributed by atoms with van der Waals surface area (Å²) in [5, 5.41) is 1.26. The zero-order valence-corrected chi connectivity index (χ0v) is 19.5. The lowest BCUT2D eigenvalue weighted by Gasteiger charge is -2.26. The number of amidine groups is 1. The molecule has 7 heteroatoms. The van der Waals surface area contributed by atoms with Crippen molar-refractivity contribution < 1.29 is 14.3 Å². The molecule has 2 aliphatic rings. The lowest BCUT2D eigenvalue weighted by molar-refractivity contribution is 0.0252. The summed E-state index contributed by atoms with van der Waals surface area (Å²) in [6.45, 7) is 2.03. The van der Waals surface area contributed by atoms with E-state index < -0.39 is 0 Å². The molecule has 33 heavy (non-hydrogen) atoms. The van der Waals surface area contributed by atoms with Crippen molar-refractivity contribution in [2.24, 2.45) is 4.99 Å². The van der Waals surface area contributed by atoms with E-state index in [9.17, 15) is 9.59 Å². The predicted octanol–water partition coefficient (Wildman–Crippen LogP) is 5.93. The second-order valence-electron chi connectivity index (χ2n) is 8.07. The molecule has 0 fully saturated rings. The first-order chi connectivity index (χ1) is 16.0. The summed E-state index contributed by atoms with van der Waals surface area (Å²) in [5.74, 6) is 0.250.